The zero-order valence-corrected chi connectivity index (χ0v) is 15.9. The molecule has 0 amide bonds. The third-order valence-corrected chi connectivity index (χ3v) is 4.69. The summed E-state index contributed by atoms with van der Waals surface area (Å²) >= 11 is 6.19. The number of hydrogen-bond acceptors (Lipinski definition) is 2. The minimum Gasteiger partial charge on any atom is -0.232 e. The Morgan fingerprint density at radius 1 is 1.04 bits per heavy atom. The number of halogens is 4. The van der Waals surface area contributed by atoms with E-state index in [2.05, 4.69) is 10.1 Å². The van der Waals surface area contributed by atoms with Crippen LogP contribution in [0.4, 0.5) is 13.2 Å². The number of alkyl halides is 3. The highest BCUT2D eigenvalue weighted by Gasteiger charge is 2.36. The summed E-state index contributed by atoms with van der Waals surface area (Å²) in [7, 11) is 0. The number of benzene rings is 1. The molecule has 3 rings (SSSR count). The van der Waals surface area contributed by atoms with Crippen molar-refractivity contribution in [3.63, 3.8) is 0 Å². The van der Waals surface area contributed by atoms with Gasteiger partial charge in [0.2, 0.25) is 0 Å². The van der Waals surface area contributed by atoms with Crippen molar-refractivity contribution >= 4 is 22.6 Å². The molecule has 0 aliphatic heterocycles. The molecule has 0 N–H and O–H groups in total. The lowest BCUT2D eigenvalue weighted by molar-refractivity contribution is -0.136. The highest BCUT2D eigenvalue weighted by atomic mass is 35.5. The summed E-state index contributed by atoms with van der Waals surface area (Å²) in [6, 6.07) is 6.38. The fourth-order valence-corrected chi connectivity index (χ4v) is 2.97. The Morgan fingerprint density at radius 3 is 2.23 bits per heavy atom. The van der Waals surface area contributed by atoms with Crippen molar-refractivity contribution in [2.24, 2.45) is 0 Å². The van der Waals surface area contributed by atoms with E-state index >= 15 is 0 Å². The molecule has 138 valence electrons. The molecule has 2 aromatic heterocycles. The molecule has 0 aliphatic rings. The van der Waals surface area contributed by atoms with E-state index in [0.29, 0.717) is 16.4 Å². The van der Waals surface area contributed by atoms with Gasteiger partial charge >= 0.3 is 6.18 Å². The van der Waals surface area contributed by atoms with Gasteiger partial charge < -0.3 is 0 Å². The van der Waals surface area contributed by atoms with Gasteiger partial charge in [0, 0.05) is 16.1 Å². The third-order valence-electron chi connectivity index (χ3n) is 4.29. The Kier molecular flexibility index (Phi) is 4.30. The van der Waals surface area contributed by atoms with E-state index in [1.165, 1.54) is 4.68 Å². The average Bonchev–Trinajstić information content (AvgIpc) is 2.84. The van der Waals surface area contributed by atoms with Gasteiger partial charge in [0.1, 0.15) is 0 Å². The molecule has 3 aromatic rings. The molecule has 0 saturated carbocycles. The molecule has 3 nitrogen and oxygen atoms in total. The summed E-state index contributed by atoms with van der Waals surface area (Å²) in [5.41, 5.74) is 1.01. The minimum atomic E-state index is -4.50. The van der Waals surface area contributed by atoms with Crippen molar-refractivity contribution in [3.05, 3.63) is 51.8 Å². The second-order valence-electron chi connectivity index (χ2n) is 7.43. The van der Waals surface area contributed by atoms with Crippen molar-refractivity contribution in [2.75, 3.05) is 0 Å². The lowest BCUT2D eigenvalue weighted by Gasteiger charge is -2.20. The molecule has 0 aliphatic carbocycles. The van der Waals surface area contributed by atoms with Crippen LogP contribution in [-0.2, 0) is 11.6 Å². The summed E-state index contributed by atoms with van der Waals surface area (Å²) in [6.45, 7) is 8.91. The standard InChI is InChI=1S/C19H19ClF3N3/c1-10-6-7-12(8-14(10)20)26-17-16(11(2)25-26)13(19(21,22)23)9-15(24-17)18(3,4)5/h6-9H,1-5H3. The summed E-state index contributed by atoms with van der Waals surface area (Å²) in [5, 5.41) is 4.86. The van der Waals surface area contributed by atoms with Gasteiger partial charge in [-0.1, -0.05) is 38.4 Å². The van der Waals surface area contributed by atoms with Crippen LogP contribution in [0.5, 0.6) is 0 Å². The number of rotatable bonds is 1. The van der Waals surface area contributed by atoms with Crippen LogP contribution in [0.25, 0.3) is 16.7 Å². The van der Waals surface area contributed by atoms with Crippen molar-refractivity contribution < 1.29 is 13.2 Å². The molecule has 0 saturated heterocycles. The van der Waals surface area contributed by atoms with Crippen molar-refractivity contribution in [3.8, 4) is 5.69 Å². The van der Waals surface area contributed by atoms with Gasteiger partial charge in [-0.15, -0.1) is 0 Å². The Hall–Kier alpha value is -2.08. The Morgan fingerprint density at radius 2 is 1.69 bits per heavy atom. The first-order valence-corrected chi connectivity index (χ1v) is 8.52. The zero-order chi connectivity index (χ0) is 19.4. The lowest BCUT2D eigenvalue weighted by Crippen LogP contribution is -2.17. The molecule has 0 unspecified atom stereocenters. The van der Waals surface area contributed by atoms with Crippen LogP contribution < -0.4 is 0 Å². The Balaban J connectivity index is 2.41. The predicted octanol–water partition coefficient (Wildman–Crippen LogP) is 6.01. The van der Waals surface area contributed by atoms with E-state index in [0.717, 1.165) is 11.6 Å². The number of nitrogens with zero attached hydrogens (tertiary/aromatic N) is 3. The summed E-state index contributed by atoms with van der Waals surface area (Å²) in [5.74, 6) is 0. The molecule has 26 heavy (non-hydrogen) atoms. The molecule has 1 aromatic carbocycles. The van der Waals surface area contributed by atoms with Crippen LogP contribution in [0, 0.1) is 13.8 Å². The van der Waals surface area contributed by atoms with Gasteiger partial charge in [-0.2, -0.15) is 18.3 Å². The van der Waals surface area contributed by atoms with E-state index in [4.69, 9.17) is 11.6 Å². The third kappa shape index (κ3) is 3.18. The molecule has 0 radical (unpaired) electrons. The Bertz CT molecular complexity index is 998. The maximum absolute atomic E-state index is 13.7. The fraction of sp³-hybridized carbons (Fsp3) is 0.368. The number of fused-ring (bicyclic) bond motifs is 1. The summed E-state index contributed by atoms with van der Waals surface area (Å²) in [6.07, 6.45) is -4.50. The highest BCUT2D eigenvalue weighted by molar-refractivity contribution is 6.31. The van der Waals surface area contributed by atoms with Crippen LogP contribution >= 0.6 is 11.6 Å². The molecule has 0 spiro atoms. The average molecular weight is 382 g/mol. The van der Waals surface area contributed by atoms with E-state index in [1.54, 1.807) is 25.1 Å². The first-order chi connectivity index (χ1) is 11.9. The minimum absolute atomic E-state index is 0.0159. The number of pyridine rings is 1. The van der Waals surface area contributed by atoms with Gasteiger partial charge in [-0.3, -0.25) is 0 Å². The van der Waals surface area contributed by atoms with Crippen LogP contribution in [0.2, 0.25) is 5.02 Å². The van der Waals surface area contributed by atoms with Gasteiger partial charge in [0.05, 0.1) is 22.3 Å². The van der Waals surface area contributed by atoms with Gasteiger partial charge in [-0.05, 0) is 37.6 Å². The topological polar surface area (TPSA) is 30.7 Å². The van der Waals surface area contributed by atoms with Crippen LogP contribution in [0.3, 0.4) is 0 Å². The molecular weight excluding hydrogens is 363 g/mol. The SMILES string of the molecule is Cc1ccc(-n2nc(C)c3c(C(F)(F)F)cc(C(C)(C)C)nc32)cc1Cl. The number of hydrogen-bond donors (Lipinski definition) is 0. The van der Waals surface area contributed by atoms with Crippen LogP contribution in [0.1, 0.15) is 43.3 Å². The van der Waals surface area contributed by atoms with E-state index in [1.807, 2.05) is 27.7 Å². The van der Waals surface area contributed by atoms with Gasteiger partial charge in [0.15, 0.2) is 5.65 Å². The van der Waals surface area contributed by atoms with E-state index < -0.39 is 17.2 Å². The molecule has 0 bridgehead atoms. The molecule has 0 atom stereocenters. The molecule has 7 heteroatoms. The first-order valence-electron chi connectivity index (χ1n) is 8.14. The van der Waals surface area contributed by atoms with Crippen molar-refractivity contribution in [2.45, 2.75) is 46.2 Å². The number of aryl methyl sites for hydroxylation is 2. The zero-order valence-electron chi connectivity index (χ0n) is 15.2. The maximum Gasteiger partial charge on any atom is 0.417 e. The fourth-order valence-electron chi connectivity index (χ4n) is 2.79. The maximum atomic E-state index is 13.7. The number of aromatic nitrogens is 3. The van der Waals surface area contributed by atoms with Crippen LogP contribution in [0.15, 0.2) is 24.3 Å². The largest absolute Gasteiger partial charge is 0.417 e. The molecule has 0 fully saturated rings. The lowest BCUT2D eigenvalue weighted by atomic mass is 9.90. The monoisotopic (exact) mass is 381 g/mol. The smallest absolute Gasteiger partial charge is 0.232 e. The quantitative estimate of drug-likeness (QED) is 0.517. The molecular formula is C19H19ClF3N3. The second-order valence-corrected chi connectivity index (χ2v) is 7.84. The van der Waals surface area contributed by atoms with Crippen LogP contribution in [-0.4, -0.2) is 14.8 Å². The van der Waals surface area contributed by atoms with Gasteiger partial charge in [0.25, 0.3) is 0 Å². The van der Waals surface area contributed by atoms with Crippen molar-refractivity contribution in [1.82, 2.24) is 14.8 Å². The predicted molar refractivity (Wildman–Crippen MR) is 97.1 cm³/mol. The van der Waals surface area contributed by atoms with E-state index in [-0.39, 0.29) is 16.7 Å². The summed E-state index contributed by atoms with van der Waals surface area (Å²) in [4.78, 5) is 4.53. The normalized spacial score (nSPS) is 12.8. The first kappa shape index (κ1) is 18.7. The van der Waals surface area contributed by atoms with E-state index in [9.17, 15) is 13.2 Å². The highest BCUT2D eigenvalue weighted by Crippen LogP contribution is 2.39. The van der Waals surface area contributed by atoms with Gasteiger partial charge in [-0.25, -0.2) is 9.67 Å². The van der Waals surface area contributed by atoms with Crippen molar-refractivity contribution in [1.29, 1.82) is 0 Å². The second kappa shape index (κ2) is 5.98. The summed E-state index contributed by atoms with van der Waals surface area (Å²) < 4.78 is 42.6. The Labute approximate surface area is 154 Å². The molecule has 2 heterocycles.